The molecule has 2 N–H and O–H groups in total. The van der Waals surface area contributed by atoms with Crippen molar-refractivity contribution >= 4 is 18.5 Å². The van der Waals surface area contributed by atoms with E-state index < -0.39 is 5.60 Å². The molecule has 1 saturated heterocycles. The number of carbonyl (C=O) groups is 1. The third-order valence-electron chi connectivity index (χ3n) is 3.48. The first-order valence-corrected chi connectivity index (χ1v) is 7.19. The highest BCUT2D eigenvalue weighted by Gasteiger charge is 2.38. The maximum Gasteiger partial charge on any atom is 0.408 e. The number of benzene rings is 1. The largest absolute Gasteiger partial charge is 0.438 e. The number of hydrogen-bond acceptors (Lipinski definition) is 3. The molecule has 1 amide bonds. The third kappa shape index (κ3) is 4.90. The first-order chi connectivity index (χ1) is 9.41. The highest BCUT2D eigenvalue weighted by molar-refractivity contribution is 5.85. The molecule has 0 aromatic heterocycles. The number of piperidine rings is 1. The molecule has 0 radical (unpaired) electrons. The lowest BCUT2D eigenvalue weighted by Crippen LogP contribution is -2.48. The fourth-order valence-corrected chi connectivity index (χ4v) is 2.53. The van der Waals surface area contributed by atoms with Crippen molar-refractivity contribution in [3.63, 3.8) is 0 Å². The second kappa shape index (κ2) is 7.14. The summed E-state index contributed by atoms with van der Waals surface area (Å²) in [6.45, 7) is 7.57. The second-order valence-corrected chi connectivity index (χ2v) is 6.37. The number of halogens is 1. The standard InChI is InChI=1S/C16H24N2O2.ClH/c1-15(2,3)18-14(19)20-16(9-11-17-12-10-16)13-7-5-4-6-8-13;/h4-8,17H,9-12H2,1-3H3,(H,18,19);1H. The van der Waals surface area contributed by atoms with E-state index in [1.807, 2.05) is 51.1 Å². The first-order valence-electron chi connectivity index (χ1n) is 7.19. The molecule has 1 aliphatic heterocycles. The Morgan fingerprint density at radius 2 is 1.76 bits per heavy atom. The van der Waals surface area contributed by atoms with E-state index in [-0.39, 0.29) is 24.0 Å². The molecule has 0 bridgehead atoms. The molecule has 0 saturated carbocycles. The lowest BCUT2D eigenvalue weighted by Gasteiger charge is -2.38. The summed E-state index contributed by atoms with van der Waals surface area (Å²) >= 11 is 0. The van der Waals surface area contributed by atoms with Gasteiger partial charge >= 0.3 is 6.09 Å². The fourth-order valence-electron chi connectivity index (χ4n) is 2.53. The summed E-state index contributed by atoms with van der Waals surface area (Å²) in [4.78, 5) is 12.2. The van der Waals surface area contributed by atoms with Gasteiger partial charge in [0.25, 0.3) is 0 Å². The van der Waals surface area contributed by atoms with Gasteiger partial charge in [0, 0.05) is 18.4 Å². The Hall–Kier alpha value is -1.26. The van der Waals surface area contributed by atoms with Gasteiger partial charge in [0.2, 0.25) is 0 Å². The number of carbonyl (C=O) groups excluding carboxylic acids is 1. The van der Waals surface area contributed by atoms with Crippen LogP contribution in [0.15, 0.2) is 30.3 Å². The zero-order chi connectivity index (χ0) is 14.6. The van der Waals surface area contributed by atoms with Crippen LogP contribution >= 0.6 is 12.4 Å². The molecule has 1 aliphatic rings. The molecule has 0 spiro atoms. The van der Waals surface area contributed by atoms with Crippen LogP contribution in [0.5, 0.6) is 0 Å². The summed E-state index contributed by atoms with van der Waals surface area (Å²) in [6, 6.07) is 10.0. The highest BCUT2D eigenvalue weighted by atomic mass is 35.5. The topological polar surface area (TPSA) is 50.4 Å². The van der Waals surface area contributed by atoms with Gasteiger partial charge in [-0.2, -0.15) is 0 Å². The molecule has 0 atom stereocenters. The molecule has 0 aliphatic carbocycles. The molecule has 1 aromatic rings. The summed E-state index contributed by atoms with van der Waals surface area (Å²) in [5.41, 5.74) is 0.273. The molecule has 5 heteroatoms. The molecule has 1 fully saturated rings. The van der Waals surface area contributed by atoms with Crippen LogP contribution in [0, 0.1) is 0 Å². The number of hydrogen-bond donors (Lipinski definition) is 2. The first kappa shape index (κ1) is 17.8. The van der Waals surface area contributed by atoms with E-state index >= 15 is 0 Å². The maximum atomic E-state index is 12.2. The normalized spacial score (nSPS) is 17.5. The van der Waals surface area contributed by atoms with Gasteiger partial charge in [-0.1, -0.05) is 30.3 Å². The predicted octanol–water partition coefficient (Wildman–Crippen LogP) is 3.21. The Bertz CT molecular complexity index is 451. The number of nitrogens with one attached hydrogen (secondary N) is 2. The van der Waals surface area contributed by atoms with Gasteiger partial charge in [-0.15, -0.1) is 12.4 Å². The highest BCUT2D eigenvalue weighted by Crippen LogP contribution is 2.34. The van der Waals surface area contributed by atoms with Crippen molar-refractivity contribution in [1.82, 2.24) is 10.6 Å². The Morgan fingerprint density at radius 1 is 1.19 bits per heavy atom. The molecule has 1 aromatic carbocycles. The van der Waals surface area contributed by atoms with Crippen LogP contribution in [0.25, 0.3) is 0 Å². The van der Waals surface area contributed by atoms with Gasteiger partial charge < -0.3 is 15.4 Å². The van der Waals surface area contributed by atoms with E-state index in [2.05, 4.69) is 10.6 Å². The smallest absolute Gasteiger partial charge is 0.408 e. The Labute approximate surface area is 133 Å². The third-order valence-corrected chi connectivity index (χ3v) is 3.48. The van der Waals surface area contributed by atoms with Gasteiger partial charge in [0.05, 0.1) is 0 Å². The monoisotopic (exact) mass is 312 g/mol. The molecule has 4 nitrogen and oxygen atoms in total. The van der Waals surface area contributed by atoms with E-state index in [1.165, 1.54) is 0 Å². The van der Waals surface area contributed by atoms with Crippen molar-refractivity contribution in [1.29, 1.82) is 0 Å². The van der Waals surface area contributed by atoms with Crippen LogP contribution in [0.2, 0.25) is 0 Å². The molecule has 21 heavy (non-hydrogen) atoms. The van der Waals surface area contributed by atoms with Crippen LogP contribution in [-0.4, -0.2) is 24.7 Å². The summed E-state index contributed by atoms with van der Waals surface area (Å²) < 4.78 is 5.85. The van der Waals surface area contributed by atoms with Crippen LogP contribution in [-0.2, 0) is 10.3 Å². The molecular formula is C16H25ClN2O2. The van der Waals surface area contributed by atoms with Gasteiger partial charge in [-0.05, 0) is 39.4 Å². The van der Waals surface area contributed by atoms with E-state index in [4.69, 9.17) is 4.74 Å². The Balaban J connectivity index is 0.00000220. The Morgan fingerprint density at radius 3 is 2.29 bits per heavy atom. The summed E-state index contributed by atoms with van der Waals surface area (Å²) in [5, 5.41) is 6.20. The van der Waals surface area contributed by atoms with Crippen LogP contribution in [0.1, 0.15) is 39.2 Å². The summed E-state index contributed by atoms with van der Waals surface area (Å²) in [5.74, 6) is 0. The fraction of sp³-hybridized carbons (Fsp3) is 0.562. The zero-order valence-electron chi connectivity index (χ0n) is 12.9. The van der Waals surface area contributed by atoms with E-state index in [1.54, 1.807) is 0 Å². The number of amides is 1. The SMILES string of the molecule is CC(C)(C)NC(=O)OC1(c2ccccc2)CCNCC1.Cl. The van der Waals surface area contributed by atoms with Crippen LogP contribution in [0.4, 0.5) is 4.79 Å². The van der Waals surface area contributed by atoms with Gasteiger partial charge in [0.1, 0.15) is 5.60 Å². The number of alkyl carbamates (subject to hydrolysis) is 1. The Kier molecular flexibility index (Phi) is 6.05. The van der Waals surface area contributed by atoms with Crippen LogP contribution < -0.4 is 10.6 Å². The minimum absolute atomic E-state index is 0. The van der Waals surface area contributed by atoms with Gasteiger partial charge in [-0.3, -0.25) is 0 Å². The van der Waals surface area contributed by atoms with Crippen molar-refractivity contribution in [2.45, 2.75) is 44.8 Å². The lowest BCUT2D eigenvalue weighted by atomic mass is 9.85. The zero-order valence-corrected chi connectivity index (χ0v) is 13.8. The molecule has 2 rings (SSSR count). The van der Waals surface area contributed by atoms with Crippen molar-refractivity contribution in [3.8, 4) is 0 Å². The van der Waals surface area contributed by atoms with Gasteiger partial charge in [-0.25, -0.2) is 4.79 Å². The maximum absolute atomic E-state index is 12.2. The van der Waals surface area contributed by atoms with Gasteiger partial charge in [0.15, 0.2) is 0 Å². The predicted molar refractivity (Wildman–Crippen MR) is 86.8 cm³/mol. The molecule has 1 heterocycles. The summed E-state index contributed by atoms with van der Waals surface area (Å²) in [7, 11) is 0. The minimum Gasteiger partial charge on any atom is -0.438 e. The van der Waals surface area contributed by atoms with Crippen molar-refractivity contribution in [2.75, 3.05) is 13.1 Å². The second-order valence-electron chi connectivity index (χ2n) is 6.37. The van der Waals surface area contributed by atoms with E-state index in [0.29, 0.717) is 0 Å². The van der Waals surface area contributed by atoms with Crippen LogP contribution in [0.3, 0.4) is 0 Å². The number of ether oxygens (including phenoxy) is 1. The average molecular weight is 313 g/mol. The number of rotatable bonds is 2. The molecule has 118 valence electrons. The van der Waals surface area contributed by atoms with Crippen molar-refractivity contribution < 1.29 is 9.53 Å². The average Bonchev–Trinajstić information content (AvgIpc) is 2.38. The van der Waals surface area contributed by atoms with E-state index in [0.717, 1.165) is 31.5 Å². The summed E-state index contributed by atoms with van der Waals surface area (Å²) in [6.07, 6.45) is 1.26. The quantitative estimate of drug-likeness (QED) is 0.881. The van der Waals surface area contributed by atoms with Crippen molar-refractivity contribution in [2.24, 2.45) is 0 Å². The van der Waals surface area contributed by atoms with E-state index in [9.17, 15) is 4.79 Å². The lowest BCUT2D eigenvalue weighted by molar-refractivity contribution is -0.0187. The molecular weight excluding hydrogens is 288 g/mol. The van der Waals surface area contributed by atoms with Crippen molar-refractivity contribution in [3.05, 3.63) is 35.9 Å². The molecule has 0 unspecified atom stereocenters. The minimum atomic E-state index is -0.512.